The quantitative estimate of drug-likeness (QED) is 0.810. The first kappa shape index (κ1) is 12.8. The zero-order valence-corrected chi connectivity index (χ0v) is 11.4. The standard InChI is InChI=1S/C11H6Cl4N2/c12-5-1-2-7(13)6(3-5)10-8(14)4-9(15)11(16)17-10/h1-4H,(H2,16,17). The van der Waals surface area contributed by atoms with Gasteiger partial charge in [-0.25, -0.2) is 4.98 Å². The summed E-state index contributed by atoms with van der Waals surface area (Å²) in [4.78, 5) is 4.12. The van der Waals surface area contributed by atoms with Crippen molar-refractivity contribution >= 4 is 52.2 Å². The lowest BCUT2D eigenvalue weighted by molar-refractivity contribution is 1.33. The summed E-state index contributed by atoms with van der Waals surface area (Å²) < 4.78 is 0. The molecule has 2 N–H and O–H groups in total. The lowest BCUT2D eigenvalue weighted by atomic mass is 10.1. The molecule has 88 valence electrons. The summed E-state index contributed by atoms with van der Waals surface area (Å²) >= 11 is 23.8. The molecule has 0 atom stereocenters. The van der Waals surface area contributed by atoms with Gasteiger partial charge in [-0.3, -0.25) is 0 Å². The van der Waals surface area contributed by atoms with E-state index in [0.29, 0.717) is 31.3 Å². The van der Waals surface area contributed by atoms with Crippen LogP contribution < -0.4 is 5.73 Å². The molecule has 2 rings (SSSR count). The fourth-order valence-electron chi connectivity index (χ4n) is 1.35. The Morgan fingerprint density at radius 2 is 1.59 bits per heavy atom. The van der Waals surface area contributed by atoms with Crippen molar-refractivity contribution in [2.75, 3.05) is 5.73 Å². The van der Waals surface area contributed by atoms with Crippen LogP contribution in [-0.2, 0) is 0 Å². The Labute approximate surface area is 118 Å². The Morgan fingerprint density at radius 3 is 2.29 bits per heavy atom. The van der Waals surface area contributed by atoms with Crippen LogP contribution in [0.3, 0.4) is 0 Å². The third-order valence-electron chi connectivity index (χ3n) is 2.14. The van der Waals surface area contributed by atoms with E-state index in [-0.39, 0.29) is 5.82 Å². The summed E-state index contributed by atoms with van der Waals surface area (Å²) in [6, 6.07) is 6.55. The van der Waals surface area contributed by atoms with Gasteiger partial charge in [-0.1, -0.05) is 46.4 Å². The number of halogens is 4. The van der Waals surface area contributed by atoms with E-state index in [0.717, 1.165) is 0 Å². The maximum absolute atomic E-state index is 6.06. The number of nitrogen functional groups attached to an aromatic ring is 1. The number of benzene rings is 1. The minimum Gasteiger partial charge on any atom is -0.382 e. The molecule has 0 bridgehead atoms. The molecule has 2 aromatic rings. The molecular weight excluding hydrogens is 302 g/mol. The molecular formula is C11H6Cl4N2. The lowest BCUT2D eigenvalue weighted by Gasteiger charge is -2.08. The number of rotatable bonds is 1. The van der Waals surface area contributed by atoms with Crippen molar-refractivity contribution in [2.45, 2.75) is 0 Å². The highest BCUT2D eigenvalue weighted by Gasteiger charge is 2.12. The predicted octanol–water partition coefficient (Wildman–Crippen LogP) is 4.94. The summed E-state index contributed by atoms with van der Waals surface area (Å²) in [5.74, 6) is 0.196. The number of nitrogens with zero attached hydrogens (tertiary/aromatic N) is 1. The SMILES string of the molecule is Nc1nc(-c2cc(Cl)ccc2Cl)c(Cl)cc1Cl. The third-order valence-corrected chi connectivity index (χ3v) is 3.30. The molecule has 6 heteroatoms. The molecule has 0 amide bonds. The molecule has 0 aliphatic carbocycles. The first-order valence-corrected chi connectivity index (χ1v) is 6.07. The molecule has 2 nitrogen and oxygen atoms in total. The summed E-state index contributed by atoms with van der Waals surface area (Å²) in [6.07, 6.45) is 0. The van der Waals surface area contributed by atoms with Gasteiger partial charge in [-0.15, -0.1) is 0 Å². The Bertz CT molecular complexity index is 584. The van der Waals surface area contributed by atoms with Crippen LogP contribution in [0.1, 0.15) is 0 Å². The van der Waals surface area contributed by atoms with Gasteiger partial charge in [0.1, 0.15) is 5.82 Å². The molecule has 0 saturated heterocycles. The number of hydrogen-bond donors (Lipinski definition) is 1. The average Bonchev–Trinajstić information content (AvgIpc) is 2.27. The van der Waals surface area contributed by atoms with E-state index in [1.807, 2.05) is 0 Å². The van der Waals surface area contributed by atoms with Gasteiger partial charge >= 0.3 is 0 Å². The summed E-state index contributed by atoms with van der Waals surface area (Å²) in [6.45, 7) is 0. The van der Waals surface area contributed by atoms with Crippen LogP contribution >= 0.6 is 46.4 Å². The van der Waals surface area contributed by atoms with Crippen molar-refractivity contribution in [3.05, 3.63) is 44.4 Å². The number of nitrogens with two attached hydrogens (primary N) is 1. The first-order valence-electron chi connectivity index (χ1n) is 4.56. The summed E-state index contributed by atoms with van der Waals surface area (Å²) in [7, 11) is 0. The van der Waals surface area contributed by atoms with E-state index >= 15 is 0 Å². The van der Waals surface area contributed by atoms with Crippen LogP contribution in [-0.4, -0.2) is 4.98 Å². The maximum atomic E-state index is 6.06. The second kappa shape index (κ2) is 4.91. The largest absolute Gasteiger partial charge is 0.382 e. The van der Waals surface area contributed by atoms with Crippen LogP contribution in [0.15, 0.2) is 24.3 Å². The Kier molecular flexibility index (Phi) is 3.69. The fourth-order valence-corrected chi connectivity index (χ4v) is 2.19. The number of pyridine rings is 1. The molecule has 0 saturated carbocycles. The minimum absolute atomic E-state index is 0.196. The normalized spacial score (nSPS) is 10.6. The molecule has 0 aliphatic heterocycles. The van der Waals surface area contributed by atoms with Gasteiger partial charge in [-0.2, -0.15) is 0 Å². The molecule has 17 heavy (non-hydrogen) atoms. The molecule has 0 fully saturated rings. The van der Waals surface area contributed by atoms with Crippen molar-refractivity contribution in [1.29, 1.82) is 0 Å². The van der Waals surface area contributed by atoms with E-state index in [9.17, 15) is 0 Å². The van der Waals surface area contributed by atoms with Crippen molar-refractivity contribution < 1.29 is 0 Å². The average molecular weight is 308 g/mol. The van der Waals surface area contributed by atoms with Gasteiger partial charge in [0.05, 0.1) is 20.8 Å². The maximum Gasteiger partial charge on any atom is 0.143 e. The molecule has 0 aliphatic rings. The topological polar surface area (TPSA) is 38.9 Å². The van der Waals surface area contributed by atoms with Crippen LogP contribution in [0.2, 0.25) is 20.1 Å². The first-order chi connectivity index (χ1) is 7.99. The smallest absolute Gasteiger partial charge is 0.143 e. The van der Waals surface area contributed by atoms with Gasteiger partial charge < -0.3 is 5.73 Å². The molecule has 1 heterocycles. The van der Waals surface area contributed by atoms with Gasteiger partial charge in [0.15, 0.2) is 0 Å². The van der Waals surface area contributed by atoms with Crippen LogP contribution in [0.25, 0.3) is 11.3 Å². The Balaban J connectivity index is 2.68. The highest BCUT2D eigenvalue weighted by Crippen LogP contribution is 2.36. The van der Waals surface area contributed by atoms with Crippen LogP contribution in [0.4, 0.5) is 5.82 Å². The van der Waals surface area contributed by atoms with Crippen molar-refractivity contribution in [3.8, 4) is 11.3 Å². The number of hydrogen-bond acceptors (Lipinski definition) is 2. The van der Waals surface area contributed by atoms with E-state index < -0.39 is 0 Å². The van der Waals surface area contributed by atoms with E-state index in [1.165, 1.54) is 6.07 Å². The second-order valence-corrected chi connectivity index (χ2v) is 4.97. The van der Waals surface area contributed by atoms with E-state index in [4.69, 9.17) is 52.1 Å². The fraction of sp³-hybridized carbons (Fsp3) is 0. The Hall–Kier alpha value is -0.670. The highest BCUT2D eigenvalue weighted by molar-refractivity contribution is 6.39. The summed E-state index contributed by atoms with van der Waals surface area (Å²) in [5.41, 5.74) is 6.71. The predicted molar refractivity (Wildman–Crippen MR) is 74.1 cm³/mol. The monoisotopic (exact) mass is 306 g/mol. The third kappa shape index (κ3) is 2.61. The van der Waals surface area contributed by atoms with Gasteiger partial charge in [0.2, 0.25) is 0 Å². The van der Waals surface area contributed by atoms with Gasteiger partial charge in [-0.05, 0) is 24.3 Å². The zero-order valence-electron chi connectivity index (χ0n) is 8.35. The van der Waals surface area contributed by atoms with Crippen LogP contribution in [0, 0.1) is 0 Å². The molecule has 1 aromatic heterocycles. The highest BCUT2D eigenvalue weighted by atomic mass is 35.5. The number of anilines is 1. The minimum atomic E-state index is 0.196. The molecule has 0 radical (unpaired) electrons. The van der Waals surface area contributed by atoms with Crippen LogP contribution in [0.5, 0.6) is 0 Å². The zero-order chi connectivity index (χ0) is 12.6. The second-order valence-electron chi connectivity index (χ2n) is 3.31. The Morgan fingerprint density at radius 1 is 0.882 bits per heavy atom. The van der Waals surface area contributed by atoms with Gasteiger partial charge in [0, 0.05) is 10.6 Å². The molecule has 0 unspecified atom stereocenters. The van der Waals surface area contributed by atoms with Crippen molar-refractivity contribution in [2.24, 2.45) is 0 Å². The molecule has 0 spiro atoms. The van der Waals surface area contributed by atoms with Crippen molar-refractivity contribution in [3.63, 3.8) is 0 Å². The molecule has 1 aromatic carbocycles. The van der Waals surface area contributed by atoms with E-state index in [2.05, 4.69) is 4.98 Å². The van der Waals surface area contributed by atoms with E-state index in [1.54, 1.807) is 18.2 Å². The number of aromatic nitrogens is 1. The van der Waals surface area contributed by atoms with Crippen molar-refractivity contribution in [1.82, 2.24) is 4.98 Å². The van der Waals surface area contributed by atoms with Gasteiger partial charge in [0.25, 0.3) is 0 Å². The lowest BCUT2D eigenvalue weighted by Crippen LogP contribution is -1.95. The summed E-state index contributed by atoms with van der Waals surface area (Å²) in [5, 5.41) is 1.70.